The number of nitrogens with one attached hydrogen (secondary N) is 1. The Morgan fingerprint density at radius 3 is 2.89 bits per heavy atom. The first-order valence-electron chi connectivity index (χ1n) is 5.73. The third kappa shape index (κ3) is 2.67. The maximum absolute atomic E-state index is 11.7. The van der Waals surface area contributed by atoms with Gasteiger partial charge in [0.1, 0.15) is 5.82 Å². The van der Waals surface area contributed by atoms with Crippen molar-refractivity contribution < 1.29 is 8.42 Å². The molecule has 0 saturated carbocycles. The number of nitrogens with zero attached hydrogens (tertiary/aromatic N) is 2. The van der Waals surface area contributed by atoms with Crippen LogP contribution in [0.3, 0.4) is 0 Å². The van der Waals surface area contributed by atoms with E-state index in [1.165, 1.54) is 7.05 Å². The molecule has 2 rings (SSSR count). The van der Waals surface area contributed by atoms with Crippen molar-refractivity contribution in [2.24, 2.45) is 0 Å². The van der Waals surface area contributed by atoms with Crippen LogP contribution in [0.15, 0.2) is 16.7 Å². The Morgan fingerprint density at radius 2 is 2.28 bits per heavy atom. The first-order valence-corrected chi connectivity index (χ1v) is 8.07. The smallest absolute Gasteiger partial charge is 0.216 e. The molecule has 0 bridgehead atoms. The lowest BCUT2D eigenvalue weighted by Gasteiger charge is -2.18. The van der Waals surface area contributed by atoms with Crippen LogP contribution in [0.2, 0.25) is 0 Å². The summed E-state index contributed by atoms with van der Waals surface area (Å²) in [6.07, 6.45) is 2.39. The molecule has 0 aliphatic carbocycles. The topological polar surface area (TPSA) is 62.3 Å². The van der Waals surface area contributed by atoms with Crippen molar-refractivity contribution in [3.63, 3.8) is 0 Å². The molecule has 1 N–H and O–H groups in total. The second-order valence-electron chi connectivity index (χ2n) is 4.40. The van der Waals surface area contributed by atoms with Crippen LogP contribution in [-0.2, 0) is 10.0 Å². The molecule has 1 aliphatic heterocycles. The van der Waals surface area contributed by atoms with E-state index in [-0.39, 0.29) is 5.25 Å². The molecule has 0 radical (unpaired) electrons. The third-order valence-electron chi connectivity index (χ3n) is 3.22. The van der Waals surface area contributed by atoms with Gasteiger partial charge >= 0.3 is 0 Å². The minimum Gasteiger partial charge on any atom is -0.355 e. The quantitative estimate of drug-likeness (QED) is 0.905. The summed E-state index contributed by atoms with van der Waals surface area (Å²) in [7, 11) is -1.73. The normalized spacial score (nSPS) is 20.4. The molecule has 1 aliphatic rings. The van der Waals surface area contributed by atoms with Crippen molar-refractivity contribution in [2.45, 2.75) is 18.6 Å². The Bertz CT molecular complexity index is 547. The van der Waals surface area contributed by atoms with Gasteiger partial charge < -0.3 is 4.90 Å². The zero-order chi connectivity index (χ0) is 13.3. The van der Waals surface area contributed by atoms with E-state index in [1.54, 1.807) is 6.20 Å². The van der Waals surface area contributed by atoms with Gasteiger partial charge in [0.05, 0.1) is 5.25 Å². The van der Waals surface area contributed by atoms with Gasteiger partial charge in [-0.3, -0.25) is 0 Å². The predicted molar refractivity (Wildman–Crippen MR) is 75.3 cm³/mol. The lowest BCUT2D eigenvalue weighted by molar-refractivity contribution is 0.575. The van der Waals surface area contributed by atoms with Crippen LogP contribution in [0.25, 0.3) is 0 Å². The van der Waals surface area contributed by atoms with Crippen LogP contribution in [0, 0.1) is 6.92 Å². The monoisotopic (exact) mass is 333 g/mol. The lowest BCUT2D eigenvalue weighted by atomic mass is 10.3. The van der Waals surface area contributed by atoms with E-state index in [2.05, 4.69) is 25.6 Å². The fraction of sp³-hybridized carbons (Fsp3) is 0.545. The number of anilines is 1. The standard InChI is InChI=1S/C11H16BrN3O2S/c1-8-5-11(14-6-10(8)12)15-4-3-9(7-15)18(16,17)13-2/h5-6,9,13H,3-4,7H2,1-2H3. The minimum absolute atomic E-state index is 0.353. The average molecular weight is 334 g/mol. The van der Waals surface area contributed by atoms with Gasteiger partial charge in [0.15, 0.2) is 0 Å². The molecule has 1 aromatic heterocycles. The van der Waals surface area contributed by atoms with Crippen LogP contribution in [-0.4, -0.2) is 38.8 Å². The molecule has 1 fully saturated rings. The number of hydrogen-bond acceptors (Lipinski definition) is 4. The van der Waals surface area contributed by atoms with E-state index >= 15 is 0 Å². The van der Waals surface area contributed by atoms with Crippen molar-refractivity contribution in [3.8, 4) is 0 Å². The van der Waals surface area contributed by atoms with Gasteiger partial charge in [0, 0.05) is 23.8 Å². The molecule has 0 aromatic carbocycles. The van der Waals surface area contributed by atoms with E-state index in [1.807, 2.05) is 17.9 Å². The van der Waals surface area contributed by atoms with Gasteiger partial charge in [0.25, 0.3) is 0 Å². The zero-order valence-electron chi connectivity index (χ0n) is 10.4. The second-order valence-corrected chi connectivity index (χ2v) is 7.42. The summed E-state index contributed by atoms with van der Waals surface area (Å²) in [5.41, 5.74) is 1.10. The molecule has 2 heterocycles. The minimum atomic E-state index is -3.19. The predicted octanol–water partition coefficient (Wildman–Crippen LogP) is 1.28. The van der Waals surface area contributed by atoms with Crippen LogP contribution in [0.1, 0.15) is 12.0 Å². The van der Waals surface area contributed by atoms with Gasteiger partial charge in [0.2, 0.25) is 10.0 Å². The second kappa shape index (κ2) is 5.14. The number of aryl methyl sites for hydroxylation is 1. The summed E-state index contributed by atoms with van der Waals surface area (Å²) >= 11 is 3.41. The SMILES string of the molecule is CNS(=O)(=O)C1CCN(c2cc(C)c(Br)cn2)C1. The van der Waals surface area contributed by atoms with E-state index in [0.717, 1.165) is 22.4 Å². The largest absolute Gasteiger partial charge is 0.355 e. The van der Waals surface area contributed by atoms with Crippen molar-refractivity contribution >= 4 is 31.8 Å². The fourth-order valence-corrected chi connectivity index (χ4v) is 3.40. The molecule has 1 saturated heterocycles. The molecule has 100 valence electrons. The van der Waals surface area contributed by atoms with E-state index in [4.69, 9.17) is 0 Å². The van der Waals surface area contributed by atoms with Crippen molar-refractivity contribution in [1.82, 2.24) is 9.71 Å². The maximum atomic E-state index is 11.7. The number of rotatable bonds is 3. The fourth-order valence-electron chi connectivity index (χ4n) is 2.05. The van der Waals surface area contributed by atoms with Crippen molar-refractivity contribution in [1.29, 1.82) is 0 Å². The number of aromatic nitrogens is 1. The molecule has 1 unspecified atom stereocenters. The molecule has 7 heteroatoms. The molecular weight excluding hydrogens is 318 g/mol. The van der Waals surface area contributed by atoms with Gasteiger partial charge in [-0.05, 0) is 48.0 Å². The lowest BCUT2D eigenvalue weighted by Crippen LogP contribution is -2.34. The maximum Gasteiger partial charge on any atom is 0.216 e. The highest BCUT2D eigenvalue weighted by Crippen LogP contribution is 2.25. The Hall–Kier alpha value is -0.660. The number of sulfonamides is 1. The Morgan fingerprint density at radius 1 is 1.56 bits per heavy atom. The van der Waals surface area contributed by atoms with Gasteiger partial charge in [-0.15, -0.1) is 0 Å². The van der Waals surface area contributed by atoms with E-state index in [9.17, 15) is 8.42 Å². The highest BCUT2D eigenvalue weighted by molar-refractivity contribution is 9.10. The highest BCUT2D eigenvalue weighted by Gasteiger charge is 2.32. The Labute approximate surface area is 116 Å². The van der Waals surface area contributed by atoms with Crippen LogP contribution >= 0.6 is 15.9 Å². The number of hydrogen-bond donors (Lipinski definition) is 1. The summed E-state index contributed by atoms with van der Waals surface area (Å²) in [6.45, 7) is 3.21. The van der Waals surface area contributed by atoms with Crippen LogP contribution < -0.4 is 9.62 Å². The Kier molecular flexibility index (Phi) is 3.93. The number of halogens is 1. The summed E-state index contributed by atoms with van der Waals surface area (Å²) < 4.78 is 26.8. The van der Waals surface area contributed by atoms with Gasteiger partial charge in [-0.2, -0.15) is 0 Å². The van der Waals surface area contributed by atoms with E-state index < -0.39 is 10.0 Å². The summed E-state index contributed by atoms with van der Waals surface area (Å²) in [4.78, 5) is 6.34. The summed E-state index contributed by atoms with van der Waals surface area (Å²) in [5, 5.41) is -0.353. The zero-order valence-corrected chi connectivity index (χ0v) is 12.8. The van der Waals surface area contributed by atoms with Crippen molar-refractivity contribution in [3.05, 3.63) is 22.3 Å². The molecule has 5 nitrogen and oxygen atoms in total. The molecule has 1 aromatic rings. The first kappa shape index (κ1) is 13.8. The molecular formula is C11H16BrN3O2S. The molecule has 0 amide bonds. The van der Waals surface area contributed by atoms with Crippen LogP contribution in [0.4, 0.5) is 5.82 Å². The summed E-state index contributed by atoms with van der Waals surface area (Å²) in [6, 6.07) is 1.97. The summed E-state index contributed by atoms with van der Waals surface area (Å²) in [5.74, 6) is 0.838. The molecule has 18 heavy (non-hydrogen) atoms. The van der Waals surface area contributed by atoms with Gasteiger partial charge in [-0.1, -0.05) is 0 Å². The van der Waals surface area contributed by atoms with Crippen molar-refractivity contribution in [2.75, 3.05) is 25.0 Å². The first-order chi connectivity index (χ1) is 8.44. The average Bonchev–Trinajstić information content (AvgIpc) is 2.83. The van der Waals surface area contributed by atoms with Gasteiger partial charge in [-0.25, -0.2) is 18.1 Å². The molecule has 1 atom stereocenters. The van der Waals surface area contributed by atoms with E-state index in [0.29, 0.717) is 13.0 Å². The Balaban J connectivity index is 2.16. The number of pyridine rings is 1. The van der Waals surface area contributed by atoms with Crippen LogP contribution in [0.5, 0.6) is 0 Å². The third-order valence-corrected chi connectivity index (χ3v) is 5.89. The highest BCUT2D eigenvalue weighted by atomic mass is 79.9. The molecule has 0 spiro atoms.